The highest BCUT2D eigenvalue weighted by Gasteiger charge is 2.27. The van der Waals surface area contributed by atoms with Crippen LogP contribution < -0.4 is 16.0 Å². The van der Waals surface area contributed by atoms with Crippen molar-refractivity contribution in [3.63, 3.8) is 0 Å². The minimum absolute atomic E-state index is 0.106. The lowest BCUT2D eigenvalue weighted by molar-refractivity contribution is -0.122. The highest BCUT2D eigenvalue weighted by atomic mass is 16.2. The van der Waals surface area contributed by atoms with E-state index in [0.29, 0.717) is 11.3 Å². The van der Waals surface area contributed by atoms with E-state index < -0.39 is 6.04 Å². The maximum absolute atomic E-state index is 12.2. The van der Waals surface area contributed by atoms with Crippen molar-refractivity contribution < 1.29 is 14.4 Å². The van der Waals surface area contributed by atoms with Crippen molar-refractivity contribution in [2.24, 2.45) is 0 Å². The Morgan fingerprint density at radius 3 is 2.77 bits per heavy atom. The fourth-order valence-electron chi connectivity index (χ4n) is 2.24. The van der Waals surface area contributed by atoms with E-state index in [1.807, 2.05) is 13.8 Å². The Bertz CT molecular complexity index is 586. The van der Waals surface area contributed by atoms with Crippen LogP contribution in [-0.4, -0.2) is 29.8 Å². The number of benzene rings is 1. The van der Waals surface area contributed by atoms with Gasteiger partial charge in [0, 0.05) is 12.5 Å². The van der Waals surface area contributed by atoms with Crippen LogP contribution in [-0.2, 0) is 9.59 Å². The Labute approximate surface area is 129 Å². The van der Waals surface area contributed by atoms with Crippen LogP contribution in [0.5, 0.6) is 0 Å². The predicted octanol–water partition coefficient (Wildman–Crippen LogP) is 1.43. The molecule has 6 nitrogen and oxygen atoms in total. The number of rotatable bonds is 5. The van der Waals surface area contributed by atoms with E-state index in [4.69, 9.17) is 0 Å². The van der Waals surface area contributed by atoms with E-state index in [-0.39, 0.29) is 36.6 Å². The first-order chi connectivity index (χ1) is 10.5. The van der Waals surface area contributed by atoms with Gasteiger partial charge < -0.3 is 16.0 Å². The van der Waals surface area contributed by atoms with Crippen LogP contribution in [0.1, 0.15) is 43.5 Å². The Kier molecular flexibility index (Phi) is 5.14. The topological polar surface area (TPSA) is 87.3 Å². The molecule has 1 aliphatic heterocycles. The first-order valence-electron chi connectivity index (χ1n) is 7.51. The van der Waals surface area contributed by atoms with Crippen LogP contribution in [0, 0.1) is 0 Å². The Morgan fingerprint density at radius 1 is 1.32 bits per heavy atom. The standard InChI is InChI=1S/C16H21N3O3/c1-3-10(2)17-14(20)9-8-13-16(22)18-12-7-5-4-6-11(12)15(21)19-13/h4-7,10,13H,3,8-9H2,1-2H3,(H,17,20)(H,18,22)(H,19,21)/t10?,13-/m1/s1. The molecule has 0 saturated heterocycles. The minimum atomic E-state index is -0.706. The van der Waals surface area contributed by atoms with Crippen LogP contribution in [0.25, 0.3) is 0 Å². The van der Waals surface area contributed by atoms with E-state index >= 15 is 0 Å². The van der Waals surface area contributed by atoms with Gasteiger partial charge in [-0.25, -0.2) is 0 Å². The summed E-state index contributed by atoms with van der Waals surface area (Å²) in [4.78, 5) is 36.1. The van der Waals surface area contributed by atoms with Gasteiger partial charge in [-0.2, -0.15) is 0 Å². The van der Waals surface area contributed by atoms with Gasteiger partial charge >= 0.3 is 0 Å². The summed E-state index contributed by atoms with van der Waals surface area (Å²) in [7, 11) is 0. The molecule has 22 heavy (non-hydrogen) atoms. The third-order valence-corrected chi connectivity index (χ3v) is 3.73. The Balaban J connectivity index is 1.98. The monoisotopic (exact) mass is 303 g/mol. The summed E-state index contributed by atoms with van der Waals surface area (Å²) in [6, 6.07) is 6.24. The minimum Gasteiger partial charge on any atom is -0.354 e. The lowest BCUT2D eigenvalue weighted by atomic mass is 10.1. The number of carbonyl (C=O) groups excluding carboxylic acids is 3. The molecule has 1 aromatic carbocycles. The molecule has 2 rings (SSSR count). The summed E-state index contributed by atoms with van der Waals surface area (Å²) in [6.45, 7) is 3.91. The van der Waals surface area contributed by atoms with Crippen molar-refractivity contribution in [2.45, 2.75) is 45.2 Å². The van der Waals surface area contributed by atoms with Crippen molar-refractivity contribution in [2.75, 3.05) is 5.32 Å². The quantitative estimate of drug-likeness (QED) is 0.769. The zero-order valence-corrected chi connectivity index (χ0v) is 12.8. The molecule has 0 radical (unpaired) electrons. The van der Waals surface area contributed by atoms with Crippen molar-refractivity contribution in [1.82, 2.24) is 10.6 Å². The van der Waals surface area contributed by atoms with Crippen LogP contribution >= 0.6 is 0 Å². The average molecular weight is 303 g/mol. The van der Waals surface area contributed by atoms with Crippen molar-refractivity contribution in [3.05, 3.63) is 29.8 Å². The SMILES string of the molecule is CCC(C)NC(=O)CC[C@H]1NC(=O)c2ccccc2NC1=O. The molecule has 3 N–H and O–H groups in total. The van der Waals surface area contributed by atoms with Crippen LogP contribution in [0.4, 0.5) is 5.69 Å². The van der Waals surface area contributed by atoms with Gasteiger partial charge in [0.2, 0.25) is 11.8 Å². The van der Waals surface area contributed by atoms with E-state index in [1.165, 1.54) is 0 Å². The van der Waals surface area contributed by atoms with E-state index in [2.05, 4.69) is 16.0 Å². The van der Waals surface area contributed by atoms with Gasteiger partial charge in [0.05, 0.1) is 11.3 Å². The Hall–Kier alpha value is -2.37. The second-order valence-corrected chi connectivity index (χ2v) is 5.48. The fourth-order valence-corrected chi connectivity index (χ4v) is 2.24. The Morgan fingerprint density at radius 2 is 2.05 bits per heavy atom. The number of hydrogen-bond acceptors (Lipinski definition) is 3. The second kappa shape index (κ2) is 7.06. The van der Waals surface area contributed by atoms with Gasteiger partial charge in [0.1, 0.15) is 6.04 Å². The molecule has 1 aromatic rings. The largest absolute Gasteiger partial charge is 0.354 e. The van der Waals surface area contributed by atoms with E-state index in [0.717, 1.165) is 6.42 Å². The number of anilines is 1. The number of para-hydroxylation sites is 1. The van der Waals surface area contributed by atoms with Crippen molar-refractivity contribution >= 4 is 23.4 Å². The molecule has 2 atom stereocenters. The molecule has 0 aromatic heterocycles. The fraction of sp³-hybridized carbons (Fsp3) is 0.438. The maximum atomic E-state index is 12.2. The summed E-state index contributed by atoms with van der Waals surface area (Å²) in [6.07, 6.45) is 1.31. The van der Waals surface area contributed by atoms with Gasteiger partial charge in [0.25, 0.3) is 5.91 Å². The smallest absolute Gasteiger partial charge is 0.254 e. The number of fused-ring (bicyclic) bond motifs is 1. The molecule has 0 fully saturated rings. The summed E-state index contributed by atoms with van der Waals surface area (Å²) in [5.74, 6) is -0.714. The molecule has 3 amide bonds. The van der Waals surface area contributed by atoms with Gasteiger partial charge in [-0.05, 0) is 31.9 Å². The van der Waals surface area contributed by atoms with Crippen LogP contribution in [0.2, 0.25) is 0 Å². The van der Waals surface area contributed by atoms with E-state index in [1.54, 1.807) is 24.3 Å². The molecule has 1 unspecified atom stereocenters. The number of nitrogens with one attached hydrogen (secondary N) is 3. The molecule has 0 spiro atoms. The number of amides is 3. The molecular weight excluding hydrogens is 282 g/mol. The first kappa shape index (κ1) is 16.0. The summed E-state index contributed by atoms with van der Waals surface area (Å²) < 4.78 is 0. The van der Waals surface area contributed by atoms with Gasteiger partial charge in [-0.15, -0.1) is 0 Å². The van der Waals surface area contributed by atoms with Gasteiger partial charge in [-0.3, -0.25) is 14.4 Å². The molecule has 1 aliphatic rings. The second-order valence-electron chi connectivity index (χ2n) is 5.48. The van der Waals surface area contributed by atoms with Gasteiger partial charge in [0.15, 0.2) is 0 Å². The summed E-state index contributed by atoms with van der Waals surface area (Å²) in [5.41, 5.74) is 0.930. The lowest BCUT2D eigenvalue weighted by Crippen LogP contribution is -2.42. The third kappa shape index (κ3) is 3.84. The average Bonchev–Trinajstić information content (AvgIpc) is 2.62. The normalized spacial score (nSPS) is 18.5. The third-order valence-electron chi connectivity index (χ3n) is 3.73. The van der Waals surface area contributed by atoms with Crippen molar-refractivity contribution in [1.29, 1.82) is 0 Å². The maximum Gasteiger partial charge on any atom is 0.254 e. The first-order valence-corrected chi connectivity index (χ1v) is 7.51. The van der Waals surface area contributed by atoms with Gasteiger partial charge in [-0.1, -0.05) is 19.1 Å². The highest BCUT2D eigenvalue weighted by Crippen LogP contribution is 2.19. The molecule has 0 bridgehead atoms. The summed E-state index contributed by atoms with van der Waals surface area (Å²) in [5, 5.41) is 8.25. The number of hydrogen-bond donors (Lipinski definition) is 3. The molecule has 0 aliphatic carbocycles. The zero-order chi connectivity index (χ0) is 16.1. The molecule has 1 heterocycles. The molecule has 6 heteroatoms. The molecule has 0 saturated carbocycles. The number of carbonyl (C=O) groups is 3. The predicted molar refractivity (Wildman–Crippen MR) is 83.5 cm³/mol. The van der Waals surface area contributed by atoms with E-state index in [9.17, 15) is 14.4 Å². The zero-order valence-electron chi connectivity index (χ0n) is 12.8. The lowest BCUT2D eigenvalue weighted by Gasteiger charge is -2.15. The van der Waals surface area contributed by atoms with Crippen LogP contribution in [0.3, 0.4) is 0 Å². The highest BCUT2D eigenvalue weighted by molar-refractivity contribution is 6.09. The van der Waals surface area contributed by atoms with Crippen LogP contribution in [0.15, 0.2) is 24.3 Å². The molecule has 118 valence electrons. The van der Waals surface area contributed by atoms with Crippen molar-refractivity contribution in [3.8, 4) is 0 Å². The summed E-state index contributed by atoms with van der Waals surface area (Å²) >= 11 is 0. The molecular formula is C16H21N3O3.